The number of nitrogens with zero attached hydrogens (tertiary/aromatic N) is 6. The molecule has 7 aromatic rings. The lowest BCUT2D eigenvalue weighted by Gasteiger charge is -2.14. The first-order valence-electron chi connectivity index (χ1n) is 16.2. The highest BCUT2D eigenvalue weighted by Crippen LogP contribution is 2.33. The molecule has 268 valence electrons. The van der Waals surface area contributed by atoms with Crippen LogP contribution in [0.25, 0.3) is 36.5 Å². The lowest BCUT2D eigenvalue weighted by molar-refractivity contribution is 0.0980. The molecule has 0 spiro atoms. The molecule has 0 N–H and O–H groups in total. The monoisotopic (exact) mass is 741 g/mol. The van der Waals surface area contributed by atoms with E-state index in [0.29, 0.717) is 22.5 Å². The third-order valence-electron chi connectivity index (χ3n) is 8.45. The Kier molecular flexibility index (Phi) is 11.7. The number of rotatable bonds is 0. The first-order chi connectivity index (χ1) is 26.4. The van der Waals surface area contributed by atoms with Crippen molar-refractivity contribution in [2.45, 2.75) is 13.8 Å². The fourth-order valence-corrected chi connectivity index (χ4v) is 5.57. The van der Waals surface area contributed by atoms with Crippen molar-refractivity contribution >= 4 is 50.2 Å². The van der Waals surface area contributed by atoms with Crippen molar-refractivity contribution in [3.05, 3.63) is 199 Å². The molecular weight excluding hydrogens is 715 g/mol. The van der Waals surface area contributed by atoms with E-state index < -0.39 is 34.6 Å². The zero-order valence-corrected chi connectivity index (χ0v) is 28.9. The van der Waals surface area contributed by atoms with Crippen LogP contribution in [0.1, 0.15) is 43.0 Å². The summed E-state index contributed by atoms with van der Waals surface area (Å²) in [5.41, 5.74) is 2.84. The Labute approximate surface area is 310 Å². The molecule has 8 nitrogen and oxygen atoms in total. The average Bonchev–Trinajstić information content (AvgIpc) is 3.23. The number of hydrogen-bond donors (Lipinski definition) is 0. The smallest absolute Gasteiger partial charge is 0.289 e. The molecule has 0 unspecified atom stereocenters. The Morgan fingerprint density at radius 2 is 0.927 bits per heavy atom. The number of aryl methyl sites for hydroxylation is 1. The first kappa shape index (κ1) is 38.5. The normalized spacial score (nSPS) is 10.8. The van der Waals surface area contributed by atoms with E-state index in [2.05, 4.69) is 39.2 Å². The molecule has 0 heterocycles. The lowest BCUT2D eigenvalue weighted by atomic mass is 9.83. The number of fused-ring (bicyclic) bond motifs is 4. The van der Waals surface area contributed by atoms with Gasteiger partial charge in [0.2, 0.25) is 27.8 Å². The molecule has 0 radical (unpaired) electrons. The van der Waals surface area contributed by atoms with Crippen LogP contribution in [0.5, 0.6) is 0 Å². The summed E-state index contributed by atoms with van der Waals surface area (Å²) < 4.78 is 61.6. The van der Waals surface area contributed by atoms with Crippen LogP contribution < -0.4 is 0 Å². The van der Waals surface area contributed by atoms with E-state index in [1.54, 1.807) is 54.6 Å². The predicted octanol–water partition coefficient (Wildman–Crippen LogP) is 12.6. The van der Waals surface area contributed by atoms with Crippen LogP contribution in [0, 0.1) is 59.1 Å². The molecule has 0 amide bonds. The Morgan fingerprint density at radius 1 is 0.455 bits per heavy atom. The fourth-order valence-electron chi connectivity index (χ4n) is 5.57. The Morgan fingerprint density at radius 3 is 1.51 bits per heavy atom. The van der Waals surface area contributed by atoms with Crippen LogP contribution in [0.3, 0.4) is 0 Å². The standard InChI is InChI=1S/C14H7N2O2.C14H9N2.C7H3F5.C7H7N2/c15-16-11-7-3-6-10-12(11)14(18)9-5-2-1-4-8(9)13(10)17;15-16-14-7-3-6-12-8-10-4-1-2-5-11(10)9-13(12)14;1-2-3(8)5(10)7(12)6(11)4(2)9;1-6-2-4-7(9-8)5-3-6/h1-7H;1-9H;1H3;2-5H,1H3/q2*+1;;+1. The topological polar surface area (TPSA) is 119 Å². The highest BCUT2D eigenvalue weighted by Gasteiger charge is 2.35. The number of hydrogen-bond acceptors (Lipinski definition) is 5. The molecule has 1 aliphatic carbocycles. The quantitative estimate of drug-likeness (QED) is 0.0504. The molecule has 0 bridgehead atoms. The van der Waals surface area contributed by atoms with Crippen LogP contribution in [0.15, 0.2) is 121 Å². The molecule has 0 aromatic heterocycles. The number of diazo groups is 3. The third kappa shape index (κ3) is 8.05. The number of ketones is 2. The number of carbonyl (C=O) groups excluding carboxylic acids is 2. The summed E-state index contributed by atoms with van der Waals surface area (Å²) >= 11 is 0. The molecule has 0 fully saturated rings. The van der Waals surface area contributed by atoms with Crippen molar-refractivity contribution in [3.63, 3.8) is 0 Å². The van der Waals surface area contributed by atoms with Crippen LogP contribution in [0.4, 0.5) is 39.0 Å². The minimum Gasteiger partial charge on any atom is -0.289 e. The summed E-state index contributed by atoms with van der Waals surface area (Å²) in [7, 11) is 0. The van der Waals surface area contributed by atoms with Crippen molar-refractivity contribution in [1.29, 1.82) is 16.2 Å². The van der Waals surface area contributed by atoms with Gasteiger partial charge in [0.05, 0.1) is 5.39 Å². The Balaban J connectivity index is 0.000000145. The van der Waals surface area contributed by atoms with Gasteiger partial charge in [-0.15, -0.1) is 0 Å². The summed E-state index contributed by atoms with van der Waals surface area (Å²) in [5.74, 6) is -10.0. The molecule has 0 saturated heterocycles. The van der Waals surface area contributed by atoms with Crippen LogP contribution in [0.2, 0.25) is 0 Å². The number of benzene rings is 7. The number of carbonyl (C=O) groups is 2. The van der Waals surface area contributed by atoms with E-state index in [1.165, 1.54) is 17.0 Å². The van der Waals surface area contributed by atoms with Gasteiger partial charge in [-0.1, -0.05) is 84.4 Å². The average molecular weight is 742 g/mol. The molecule has 8 rings (SSSR count). The maximum atomic E-state index is 12.4. The number of halogens is 5. The van der Waals surface area contributed by atoms with E-state index in [1.807, 2.05) is 43.3 Å². The maximum Gasteiger partial charge on any atom is 0.396 e. The van der Waals surface area contributed by atoms with E-state index in [9.17, 15) is 31.5 Å². The molecule has 1 aliphatic rings. The minimum absolute atomic E-state index is 0.125. The second kappa shape index (κ2) is 16.8. The van der Waals surface area contributed by atoms with Gasteiger partial charge < -0.3 is 0 Å². The second-order valence-corrected chi connectivity index (χ2v) is 11.9. The zero-order valence-electron chi connectivity index (χ0n) is 28.9. The zero-order chi connectivity index (χ0) is 39.8. The highest BCUT2D eigenvalue weighted by atomic mass is 19.2. The van der Waals surface area contributed by atoms with E-state index in [4.69, 9.17) is 16.2 Å². The third-order valence-corrected chi connectivity index (χ3v) is 8.45. The molecule has 7 aromatic carbocycles. The van der Waals surface area contributed by atoms with Crippen LogP contribution in [-0.2, 0) is 0 Å². The highest BCUT2D eigenvalue weighted by molar-refractivity contribution is 6.30. The van der Waals surface area contributed by atoms with Crippen molar-refractivity contribution in [1.82, 2.24) is 0 Å². The van der Waals surface area contributed by atoms with Gasteiger partial charge >= 0.3 is 17.1 Å². The summed E-state index contributed by atoms with van der Waals surface area (Å²) in [6, 6.07) is 36.7. The van der Waals surface area contributed by atoms with Crippen LogP contribution in [-0.4, -0.2) is 11.6 Å². The van der Waals surface area contributed by atoms with Crippen molar-refractivity contribution in [2.75, 3.05) is 0 Å². The van der Waals surface area contributed by atoms with Gasteiger partial charge in [0.25, 0.3) is 0 Å². The predicted molar refractivity (Wildman–Crippen MR) is 198 cm³/mol. The summed E-state index contributed by atoms with van der Waals surface area (Å²) in [5, 5.41) is 30.5. The second-order valence-electron chi connectivity index (χ2n) is 11.9. The molecule has 0 aliphatic heterocycles. The largest absolute Gasteiger partial charge is 0.396 e. The van der Waals surface area contributed by atoms with Crippen LogP contribution >= 0.6 is 0 Å². The van der Waals surface area contributed by atoms with Crippen molar-refractivity contribution in [2.24, 2.45) is 0 Å². The maximum absolute atomic E-state index is 12.4. The summed E-state index contributed by atoms with van der Waals surface area (Å²) in [6.07, 6.45) is 0. The molecule has 0 atom stereocenters. The SMILES string of the molecule is Cc1c(F)c(F)c(F)c(F)c1F.Cc1ccc([N+]#N)cc1.N#[N+]c1cccc2c1C(=O)c1ccccc1C2=O.N#[N+]c1cccc2cc3ccccc3cc12. The van der Waals surface area contributed by atoms with Gasteiger partial charge in [-0.25, -0.2) is 22.0 Å². The molecule has 13 heteroatoms. The Hall–Kier alpha value is -7.69. The van der Waals surface area contributed by atoms with Gasteiger partial charge in [0, 0.05) is 46.5 Å². The summed E-state index contributed by atoms with van der Waals surface area (Å²) in [4.78, 5) is 33.9. The lowest BCUT2D eigenvalue weighted by Crippen LogP contribution is -2.20. The fraction of sp³-hybridized carbons (Fsp3) is 0.0476. The van der Waals surface area contributed by atoms with E-state index in [0.717, 1.165) is 23.1 Å². The van der Waals surface area contributed by atoms with Crippen molar-refractivity contribution in [3.8, 4) is 0 Å². The van der Waals surface area contributed by atoms with Gasteiger partial charge in [-0.2, -0.15) is 0 Å². The van der Waals surface area contributed by atoms with E-state index >= 15 is 0 Å². The summed E-state index contributed by atoms with van der Waals surface area (Å²) in [6.45, 7) is 2.80. The van der Waals surface area contributed by atoms with Gasteiger partial charge in [-0.05, 0) is 48.2 Å². The first-order valence-corrected chi connectivity index (χ1v) is 16.2. The molecule has 55 heavy (non-hydrogen) atoms. The Bertz CT molecular complexity index is 2660. The molecule has 0 saturated carbocycles. The van der Waals surface area contributed by atoms with Crippen molar-refractivity contribution < 1.29 is 31.5 Å². The van der Waals surface area contributed by atoms with Gasteiger partial charge in [0.1, 0.15) is 5.56 Å². The van der Waals surface area contributed by atoms with E-state index in [-0.39, 0.29) is 28.4 Å². The van der Waals surface area contributed by atoms with Gasteiger partial charge in [-0.3, -0.25) is 9.59 Å². The molecular formula is C42H26F5N6O2+3. The minimum atomic E-state index is -2.13. The van der Waals surface area contributed by atoms with Gasteiger partial charge in [0.15, 0.2) is 44.0 Å².